The highest BCUT2D eigenvalue weighted by Gasteiger charge is 2.29. The normalized spacial score (nSPS) is 21.7. The van der Waals surface area contributed by atoms with Crippen LogP contribution in [-0.4, -0.2) is 35.8 Å². The summed E-state index contributed by atoms with van der Waals surface area (Å²) in [6.07, 6.45) is 11.2. The van der Waals surface area contributed by atoms with E-state index in [0.717, 1.165) is 37.8 Å². The molecule has 1 N–H and O–H groups in total. The average Bonchev–Trinajstić information content (AvgIpc) is 2.68. The molecule has 1 unspecified atom stereocenters. The number of carbonyl (C=O) groups is 2. The second-order valence-corrected chi connectivity index (χ2v) is 7.71. The molecule has 0 bridgehead atoms. The van der Waals surface area contributed by atoms with Crippen molar-refractivity contribution in [2.75, 3.05) is 13.1 Å². The number of hydrogen-bond acceptors (Lipinski definition) is 2. The maximum Gasteiger partial charge on any atom is 0.246 e. The van der Waals surface area contributed by atoms with E-state index in [9.17, 15) is 9.59 Å². The van der Waals surface area contributed by atoms with Crippen molar-refractivity contribution in [3.8, 4) is 0 Å². The van der Waals surface area contributed by atoms with Crippen LogP contribution < -0.4 is 5.32 Å². The van der Waals surface area contributed by atoms with Gasteiger partial charge in [-0.1, -0.05) is 49.1 Å². The van der Waals surface area contributed by atoms with Crippen LogP contribution in [0.5, 0.6) is 0 Å². The van der Waals surface area contributed by atoms with Crippen LogP contribution in [0.1, 0.15) is 56.1 Å². The van der Waals surface area contributed by atoms with Gasteiger partial charge in [-0.15, -0.1) is 0 Å². The summed E-state index contributed by atoms with van der Waals surface area (Å²) in [6, 6.07) is 8.43. The summed E-state index contributed by atoms with van der Waals surface area (Å²) in [6.45, 7) is 3.32. The number of nitrogens with zero attached hydrogens (tertiary/aromatic N) is 1. The molecule has 0 aromatic heterocycles. The first-order valence-corrected chi connectivity index (χ1v) is 9.96. The van der Waals surface area contributed by atoms with Gasteiger partial charge < -0.3 is 10.2 Å². The monoisotopic (exact) mass is 354 g/mol. The number of likely N-dealkylation sites (tertiary alicyclic amines) is 1. The molecule has 1 aliphatic carbocycles. The lowest BCUT2D eigenvalue weighted by Gasteiger charge is -2.33. The highest BCUT2D eigenvalue weighted by molar-refractivity contribution is 5.92. The third kappa shape index (κ3) is 5.20. The number of aryl methyl sites for hydroxylation is 1. The lowest BCUT2D eigenvalue weighted by Crippen LogP contribution is -2.47. The second-order valence-electron chi connectivity index (χ2n) is 7.71. The Morgan fingerprint density at radius 3 is 2.50 bits per heavy atom. The largest absolute Gasteiger partial charge is 0.353 e. The predicted molar refractivity (Wildman–Crippen MR) is 105 cm³/mol. The third-order valence-electron chi connectivity index (χ3n) is 5.55. The highest BCUT2D eigenvalue weighted by Crippen LogP contribution is 2.21. The van der Waals surface area contributed by atoms with Gasteiger partial charge in [0.15, 0.2) is 0 Å². The minimum Gasteiger partial charge on any atom is -0.353 e. The molecule has 0 radical (unpaired) electrons. The zero-order chi connectivity index (χ0) is 18.4. The predicted octanol–water partition coefficient (Wildman–Crippen LogP) is 3.70. The number of nitrogens with one attached hydrogen (secondary N) is 1. The van der Waals surface area contributed by atoms with Gasteiger partial charge in [0.2, 0.25) is 11.8 Å². The lowest BCUT2D eigenvalue weighted by molar-refractivity contribution is -0.132. The molecule has 1 aliphatic heterocycles. The summed E-state index contributed by atoms with van der Waals surface area (Å²) < 4.78 is 0. The fraction of sp³-hybridized carbons (Fsp3) is 0.545. The molecule has 1 atom stereocenters. The van der Waals surface area contributed by atoms with Crippen molar-refractivity contribution < 1.29 is 9.59 Å². The van der Waals surface area contributed by atoms with E-state index < -0.39 is 0 Å². The van der Waals surface area contributed by atoms with Crippen LogP contribution >= 0.6 is 0 Å². The average molecular weight is 354 g/mol. The molecule has 140 valence electrons. The Balaban J connectivity index is 1.52. The van der Waals surface area contributed by atoms with E-state index in [1.807, 2.05) is 42.2 Å². The van der Waals surface area contributed by atoms with E-state index in [0.29, 0.717) is 12.6 Å². The van der Waals surface area contributed by atoms with Gasteiger partial charge >= 0.3 is 0 Å². The first kappa shape index (κ1) is 18.7. The summed E-state index contributed by atoms with van der Waals surface area (Å²) in [7, 11) is 0. The van der Waals surface area contributed by atoms with Gasteiger partial charge in [0.25, 0.3) is 0 Å². The SMILES string of the molecule is Cc1ccc(/C=C/C(=O)N2CCCC(C(=O)NC3CCCCC3)C2)cc1. The number of hydrogen-bond donors (Lipinski definition) is 1. The van der Waals surface area contributed by atoms with Crippen LogP contribution in [0.15, 0.2) is 30.3 Å². The topological polar surface area (TPSA) is 49.4 Å². The molecule has 4 heteroatoms. The highest BCUT2D eigenvalue weighted by atomic mass is 16.2. The Bertz CT molecular complexity index is 645. The van der Waals surface area contributed by atoms with Crippen molar-refractivity contribution in [3.63, 3.8) is 0 Å². The molecule has 4 nitrogen and oxygen atoms in total. The molecule has 1 heterocycles. The third-order valence-corrected chi connectivity index (χ3v) is 5.55. The van der Waals surface area contributed by atoms with Crippen LogP contribution in [-0.2, 0) is 9.59 Å². The Morgan fingerprint density at radius 1 is 1.04 bits per heavy atom. The molecule has 26 heavy (non-hydrogen) atoms. The number of piperidine rings is 1. The first-order chi connectivity index (χ1) is 12.6. The van der Waals surface area contributed by atoms with Crippen molar-refractivity contribution in [3.05, 3.63) is 41.5 Å². The van der Waals surface area contributed by atoms with Crippen molar-refractivity contribution in [2.24, 2.45) is 5.92 Å². The fourth-order valence-electron chi connectivity index (χ4n) is 3.91. The number of amides is 2. The van der Waals surface area contributed by atoms with Crippen molar-refractivity contribution in [1.29, 1.82) is 0 Å². The van der Waals surface area contributed by atoms with Gasteiger partial charge in [-0.2, -0.15) is 0 Å². The Labute approximate surface area is 156 Å². The molecule has 1 saturated heterocycles. The van der Waals surface area contributed by atoms with E-state index in [4.69, 9.17) is 0 Å². The molecule has 1 aromatic rings. The molecular formula is C22H30N2O2. The molecule has 3 rings (SSSR count). The first-order valence-electron chi connectivity index (χ1n) is 9.96. The number of benzene rings is 1. The van der Waals surface area contributed by atoms with E-state index in [1.165, 1.54) is 24.8 Å². The van der Waals surface area contributed by atoms with Crippen LogP contribution in [0.4, 0.5) is 0 Å². The Hall–Kier alpha value is -2.10. The Morgan fingerprint density at radius 2 is 1.77 bits per heavy atom. The maximum atomic E-state index is 12.6. The minimum absolute atomic E-state index is 0.000686. The summed E-state index contributed by atoms with van der Waals surface area (Å²) >= 11 is 0. The van der Waals surface area contributed by atoms with E-state index >= 15 is 0 Å². The molecule has 1 saturated carbocycles. The summed E-state index contributed by atoms with van der Waals surface area (Å²) in [5, 5.41) is 3.22. The van der Waals surface area contributed by atoms with Crippen molar-refractivity contribution >= 4 is 17.9 Å². The summed E-state index contributed by atoms with van der Waals surface area (Å²) in [4.78, 5) is 26.9. The van der Waals surface area contributed by atoms with Gasteiger partial charge in [0, 0.05) is 25.2 Å². The van der Waals surface area contributed by atoms with Crippen molar-refractivity contribution in [2.45, 2.75) is 57.9 Å². The molecule has 2 amide bonds. The quantitative estimate of drug-likeness (QED) is 0.838. The molecule has 2 fully saturated rings. The molecule has 0 spiro atoms. The standard InChI is InChI=1S/C22H30N2O2/c1-17-9-11-18(12-10-17)13-14-21(25)24-15-5-6-19(16-24)22(26)23-20-7-3-2-4-8-20/h9-14,19-20H,2-8,15-16H2,1H3,(H,23,26)/b14-13+. The van der Waals surface area contributed by atoms with E-state index in [-0.39, 0.29) is 17.7 Å². The minimum atomic E-state index is -0.0672. The smallest absolute Gasteiger partial charge is 0.246 e. The number of rotatable bonds is 4. The van der Waals surface area contributed by atoms with Gasteiger partial charge in [-0.05, 0) is 44.2 Å². The maximum absolute atomic E-state index is 12.6. The van der Waals surface area contributed by atoms with Gasteiger partial charge in [-0.3, -0.25) is 9.59 Å². The summed E-state index contributed by atoms with van der Waals surface area (Å²) in [5.41, 5.74) is 2.23. The zero-order valence-electron chi connectivity index (χ0n) is 15.7. The molecule has 1 aromatic carbocycles. The molecular weight excluding hydrogens is 324 g/mol. The lowest BCUT2D eigenvalue weighted by atomic mass is 9.93. The summed E-state index contributed by atoms with van der Waals surface area (Å²) in [5.74, 6) is 0.0695. The van der Waals surface area contributed by atoms with Gasteiger partial charge in [0.05, 0.1) is 5.92 Å². The Kier molecular flexibility index (Phi) is 6.48. The fourth-order valence-corrected chi connectivity index (χ4v) is 3.91. The van der Waals surface area contributed by atoms with Crippen LogP contribution in [0, 0.1) is 12.8 Å². The van der Waals surface area contributed by atoms with Gasteiger partial charge in [0.1, 0.15) is 0 Å². The van der Waals surface area contributed by atoms with E-state index in [1.54, 1.807) is 6.08 Å². The van der Waals surface area contributed by atoms with Crippen LogP contribution in [0.3, 0.4) is 0 Å². The second kappa shape index (κ2) is 9.02. The van der Waals surface area contributed by atoms with Crippen LogP contribution in [0.25, 0.3) is 6.08 Å². The number of carbonyl (C=O) groups excluding carboxylic acids is 2. The van der Waals surface area contributed by atoms with Crippen molar-refractivity contribution in [1.82, 2.24) is 10.2 Å². The van der Waals surface area contributed by atoms with Crippen LogP contribution in [0.2, 0.25) is 0 Å². The van der Waals surface area contributed by atoms with E-state index in [2.05, 4.69) is 5.32 Å². The van der Waals surface area contributed by atoms with Gasteiger partial charge in [-0.25, -0.2) is 0 Å². The molecule has 2 aliphatic rings. The zero-order valence-corrected chi connectivity index (χ0v) is 15.7.